The van der Waals surface area contributed by atoms with Gasteiger partial charge >= 0.3 is 12.1 Å². The van der Waals surface area contributed by atoms with Gasteiger partial charge in [-0.2, -0.15) is 11.3 Å². The van der Waals surface area contributed by atoms with E-state index in [9.17, 15) is 9.59 Å². The topological polar surface area (TPSA) is 75.6 Å². The molecule has 2 rings (SSSR count). The summed E-state index contributed by atoms with van der Waals surface area (Å²) in [6.07, 6.45) is -0.812. The standard InChI is InChI=1S/C15H15NO4S/c17-14(18)8-13(12-6-7-21-10-12)16-15(19)20-9-11-4-2-1-3-5-11/h1-7,10,13H,8-9H2,(H,16,19)(H,17,18). The number of ether oxygens (including phenoxy) is 1. The highest BCUT2D eigenvalue weighted by atomic mass is 32.1. The van der Waals surface area contributed by atoms with Crippen molar-refractivity contribution in [3.8, 4) is 0 Å². The molecule has 1 heterocycles. The molecule has 0 aliphatic heterocycles. The van der Waals surface area contributed by atoms with Crippen molar-refractivity contribution >= 4 is 23.4 Å². The Labute approximate surface area is 126 Å². The molecule has 1 amide bonds. The van der Waals surface area contributed by atoms with Crippen LogP contribution < -0.4 is 5.32 Å². The van der Waals surface area contributed by atoms with Crippen LogP contribution in [0, 0.1) is 0 Å². The lowest BCUT2D eigenvalue weighted by Gasteiger charge is -2.15. The first kappa shape index (κ1) is 15.1. The van der Waals surface area contributed by atoms with E-state index in [0.717, 1.165) is 11.1 Å². The van der Waals surface area contributed by atoms with Gasteiger partial charge in [-0.15, -0.1) is 0 Å². The molecule has 0 radical (unpaired) electrons. The molecular weight excluding hydrogens is 290 g/mol. The normalized spacial score (nSPS) is 11.6. The number of benzene rings is 1. The number of thiophene rings is 1. The van der Waals surface area contributed by atoms with E-state index in [1.54, 1.807) is 6.07 Å². The Hall–Kier alpha value is -2.34. The van der Waals surface area contributed by atoms with Gasteiger partial charge in [-0.1, -0.05) is 30.3 Å². The summed E-state index contributed by atoms with van der Waals surface area (Å²) in [5.74, 6) is -0.977. The van der Waals surface area contributed by atoms with Crippen LogP contribution in [0.25, 0.3) is 0 Å². The first-order valence-corrected chi connectivity index (χ1v) is 7.30. The Morgan fingerprint density at radius 3 is 2.62 bits per heavy atom. The van der Waals surface area contributed by atoms with Crippen molar-refractivity contribution in [1.29, 1.82) is 0 Å². The summed E-state index contributed by atoms with van der Waals surface area (Å²) < 4.78 is 5.10. The number of carbonyl (C=O) groups is 2. The highest BCUT2D eigenvalue weighted by molar-refractivity contribution is 7.08. The van der Waals surface area contributed by atoms with Crippen LogP contribution in [-0.4, -0.2) is 17.2 Å². The number of hydrogen-bond donors (Lipinski definition) is 2. The summed E-state index contributed by atoms with van der Waals surface area (Å²) in [5.41, 5.74) is 1.64. The van der Waals surface area contributed by atoms with Crippen LogP contribution in [0.2, 0.25) is 0 Å². The minimum absolute atomic E-state index is 0.149. The van der Waals surface area contributed by atoms with Gasteiger partial charge in [-0.3, -0.25) is 4.79 Å². The zero-order valence-corrected chi connectivity index (χ0v) is 12.0. The summed E-state index contributed by atoms with van der Waals surface area (Å²) in [6.45, 7) is 0.149. The van der Waals surface area contributed by atoms with Gasteiger partial charge in [-0.05, 0) is 28.0 Å². The highest BCUT2D eigenvalue weighted by Gasteiger charge is 2.19. The zero-order valence-electron chi connectivity index (χ0n) is 11.2. The molecule has 5 nitrogen and oxygen atoms in total. The fourth-order valence-electron chi connectivity index (χ4n) is 1.81. The second kappa shape index (κ2) is 7.44. The predicted molar refractivity (Wildman–Crippen MR) is 79.1 cm³/mol. The van der Waals surface area contributed by atoms with Gasteiger partial charge in [0.2, 0.25) is 0 Å². The molecule has 1 atom stereocenters. The van der Waals surface area contributed by atoms with Crippen molar-refractivity contribution < 1.29 is 19.4 Å². The minimum Gasteiger partial charge on any atom is -0.481 e. The van der Waals surface area contributed by atoms with E-state index in [1.807, 2.05) is 41.1 Å². The van der Waals surface area contributed by atoms with E-state index in [1.165, 1.54) is 11.3 Å². The van der Waals surface area contributed by atoms with Gasteiger partial charge in [0, 0.05) is 0 Å². The third kappa shape index (κ3) is 4.92. The second-order valence-corrected chi connectivity index (χ2v) is 5.19. The minimum atomic E-state index is -0.977. The molecule has 0 saturated carbocycles. The Kier molecular flexibility index (Phi) is 5.34. The second-order valence-electron chi connectivity index (χ2n) is 4.41. The monoisotopic (exact) mass is 305 g/mol. The molecule has 2 N–H and O–H groups in total. The molecule has 0 aliphatic carbocycles. The molecular formula is C15H15NO4S. The lowest BCUT2D eigenvalue weighted by molar-refractivity contribution is -0.137. The summed E-state index contributed by atoms with van der Waals surface area (Å²) >= 11 is 1.45. The van der Waals surface area contributed by atoms with Crippen molar-refractivity contribution in [1.82, 2.24) is 5.32 Å². The molecule has 1 unspecified atom stereocenters. The lowest BCUT2D eigenvalue weighted by atomic mass is 10.1. The van der Waals surface area contributed by atoms with Crippen LogP contribution in [0.5, 0.6) is 0 Å². The van der Waals surface area contributed by atoms with E-state index >= 15 is 0 Å². The van der Waals surface area contributed by atoms with Crippen LogP contribution >= 0.6 is 11.3 Å². The molecule has 1 aromatic heterocycles. The number of aliphatic carboxylic acids is 1. The van der Waals surface area contributed by atoms with Crippen LogP contribution in [0.15, 0.2) is 47.2 Å². The summed E-state index contributed by atoms with van der Waals surface area (Å²) in [7, 11) is 0. The first-order chi connectivity index (χ1) is 10.1. The van der Waals surface area contributed by atoms with Gasteiger partial charge in [0.1, 0.15) is 6.61 Å². The average molecular weight is 305 g/mol. The molecule has 1 aromatic carbocycles. The summed E-state index contributed by atoms with van der Waals surface area (Å²) in [4.78, 5) is 22.7. The average Bonchev–Trinajstić information content (AvgIpc) is 2.99. The van der Waals surface area contributed by atoms with Gasteiger partial charge in [0.25, 0.3) is 0 Å². The van der Waals surface area contributed by atoms with E-state index in [0.29, 0.717) is 0 Å². The first-order valence-electron chi connectivity index (χ1n) is 6.36. The fraction of sp³-hybridized carbons (Fsp3) is 0.200. The van der Waals surface area contributed by atoms with Gasteiger partial charge < -0.3 is 15.2 Å². The van der Waals surface area contributed by atoms with E-state index in [-0.39, 0.29) is 13.0 Å². The number of hydrogen-bond acceptors (Lipinski definition) is 4. The number of rotatable bonds is 6. The van der Waals surface area contributed by atoms with Crippen molar-refractivity contribution in [3.63, 3.8) is 0 Å². The van der Waals surface area contributed by atoms with Crippen molar-refractivity contribution in [2.24, 2.45) is 0 Å². The number of nitrogens with one attached hydrogen (secondary N) is 1. The Balaban J connectivity index is 1.90. The van der Waals surface area contributed by atoms with Crippen molar-refractivity contribution in [2.75, 3.05) is 0 Å². The van der Waals surface area contributed by atoms with E-state index < -0.39 is 18.1 Å². The summed E-state index contributed by atoms with van der Waals surface area (Å²) in [5, 5.41) is 15.1. The molecule has 110 valence electrons. The third-order valence-electron chi connectivity index (χ3n) is 2.83. The van der Waals surface area contributed by atoms with Gasteiger partial charge in [0.15, 0.2) is 0 Å². The number of carbonyl (C=O) groups excluding carboxylic acids is 1. The number of amides is 1. The number of carboxylic acids is 1. The zero-order chi connectivity index (χ0) is 15.1. The van der Waals surface area contributed by atoms with Crippen LogP contribution in [-0.2, 0) is 16.1 Å². The maximum atomic E-state index is 11.8. The van der Waals surface area contributed by atoms with Gasteiger partial charge in [-0.25, -0.2) is 4.79 Å². The molecule has 0 bridgehead atoms. The molecule has 21 heavy (non-hydrogen) atoms. The predicted octanol–water partition coefficient (Wildman–Crippen LogP) is 3.19. The van der Waals surface area contributed by atoms with E-state index in [2.05, 4.69) is 5.32 Å². The lowest BCUT2D eigenvalue weighted by Crippen LogP contribution is -2.30. The van der Waals surface area contributed by atoms with Crippen LogP contribution in [0.3, 0.4) is 0 Å². The SMILES string of the molecule is O=C(O)CC(NC(=O)OCc1ccccc1)c1ccsc1. The largest absolute Gasteiger partial charge is 0.481 e. The van der Waals surface area contributed by atoms with Crippen molar-refractivity contribution in [3.05, 3.63) is 58.3 Å². The molecule has 0 fully saturated rings. The molecule has 6 heteroatoms. The maximum absolute atomic E-state index is 11.8. The smallest absolute Gasteiger partial charge is 0.407 e. The molecule has 0 saturated heterocycles. The fourth-order valence-corrected chi connectivity index (χ4v) is 2.52. The maximum Gasteiger partial charge on any atom is 0.407 e. The Morgan fingerprint density at radius 2 is 2.00 bits per heavy atom. The molecule has 0 aliphatic rings. The molecule has 2 aromatic rings. The summed E-state index contributed by atoms with van der Waals surface area (Å²) in [6, 6.07) is 10.5. The highest BCUT2D eigenvalue weighted by Crippen LogP contribution is 2.20. The van der Waals surface area contributed by atoms with Gasteiger partial charge in [0.05, 0.1) is 12.5 Å². The van der Waals surface area contributed by atoms with Crippen LogP contribution in [0.1, 0.15) is 23.6 Å². The third-order valence-corrected chi connectivity index (χ3v) is 3.53. The van der Waals surface area contributed by atoms with Crippen molar-refractivity contribution in [2.45, 2.75) is 19.1 Å². The van der Waals surface area contributed by atoms with Crippen LogP contribution in [0.4, 0.5) is 4.79 Å². The molecule has 0 spiro atoms. The quantitative estimate of drug-likeness (QED) is 0.859. The Morgan fingerprint density at radius 1 is 1.24 bits per heavy atom. The number of carboxylic acid groups (broad SMARTS) is 1. The van der Waals surface area contributed by atoms with E-state index in [4.69, 9.17) is 9.84 Å². The number of alkyl carbamates (subject to hydrolysis) is 1. The Bertz CT molecular complexity index is 583.